The summed E-state index contributed by atoms with van der Waals surface area (Å²) in [6.07, 6.45) is -3.85. The smallest absolute Gasteiger partial charge is 0.321 e. The van der Waals surface area contributed by atoms with Gasteiger partial charge in [0.15, 0.2) is 0 Å². The Morgan fingerprint density at radius 1 is 1.35 bits per heavy atom. The van der Waals surface area contributed by atoms with E-state index in [9.17, 15) is 18.0 Å². The molecule has 0 aliphatic heterocycles. The Bertz CT molecular complexity index is 466. The van der Waals surface area contributed by atoms with Crippen LogP contribution in [0.1, 0.15) is 15.9 Å². The molecule has 0 aliphatic rings. The predicted molar refractivity (Wildman–Crippen MR) is 56.8 cm³/mol. The van der Waals surface area contributed by atoms with Crippen LogP contribution in [0.2, 0.25) is 0 Å². The summed E-state index contributed by atoms with van der Waals surface area (Å²) in [4.78, 5) is 11.5. The van der Waals surface area contributed by atoms with Crippen molar-refractivity contribution in [1.29, 1.82) is 5.41 Å². The van der Waals surface area contributed by atoms with Crippen molar-refractivity contribution < 1.29 is 18.0 Å². The molecule has 90 valence electrons. The molecule has 1 amide bonds. The molecular formula is C11H9F3N2O. The van der Waals surface area contributed by atoms with Gasteiger partial charge in [0.25, 0.3) is 5.91 Å². The zero-order valence-electron chi connectivity index (χ0n) is 8.64. The van der Waals surface area contributed by atoms with Crippen molar-refractivity contribution in [2.75, 3.05) is 0 Å². The number of carbonyl (C=O) groups is 1. The van der Waals surface area contributed by atoms with Crippen LogP contribution in [0.4, 0.5) is 13.2 Å². The van der Waals surface area contributed by atoms with Gasteiger partial charge < -0.3 is 10.7 Å². The molecular weight excluding hydrogens is 233 g/mol. The Hall–Kier alpha value is -2.11. The van der Waals surface area contributed by atoms with E-state index in [-0.39, 0.29) is 5.70 Å². The Morgan fingerprint density at radius 2 is 1.94 bits per heavy atom. The number of halogens is 3. The Balaban J connectivity index is 3.10. The summed E-state index contributed by atoms with van der Waals surface area (Å²) in [5.41, 5.74) is -1.59. The monoisotopic (exact) mass is 242 g/mol. The third kappa shape index (κ3) is 3.17. The SMILES string of the molecule is C=C(C=N)NC(=O)c1ccccc1C(F)(F)F. The fourth-order valence-corrected chi connectivity index (χ4v) is 1.18. The number of benzene rings is 1. The molecule has 0 spiro atoms. The second-order valence-electron chi connectivity index (χ2n) is 3.17. The van der Waals surface area contributed by atoms with Gasteiger partial charge in [0.05, 0.1) is 16.8 Å². The van der Waals surface area contributed by atoms with Gasteiger partial charge in [-0.05, 0) is 12.1 Å². The van der Waals surface area contributed by atoms with Gasteiger partial charge in [-0.2, -0.15) is 13.2 Å². The van der Waals surface area contributed by atoms with Crippen molar-refractivity contribution in [2.24, 2.45) is 0 Å². The van der Waals surface area contributed by atoms with Crippen LogP contribution < -0.4 is 5.32 Å². The maximum Gasteiger partial charge on any atom is 0.417 e. The molecule has 2 N–H and O–H groups in total. The van der Waals surface area contributed by atoms with E-state index in [1.165, 1.54) is 12.1 Å². The van der Waals surface area contributed by atoms with Gasteiger partial charge in [-0.15, -0.1) is 0 Å². The number of hydrogen-bond donors (Lipinski definition) is 2. The number of hydrogen-bond acceptors (Lipinski definition) is 2. The fraction of sp³-hybridized carbons (Fsp3) is 0.0909. The highest BCUT2D eigenvalue weighted by Crippen LogP contribution is 2.31. The maximum atomic E-state index is 12.6. The fourth-order valence-electron chi connectivity index (χ4n) is 1.18. The highest BCUT2D eigenvalue weighted by atomic mass is 19.4. The lowest BCUT2D eigenvalue weighted by Gasteiger charge is -2.12. The number of carbonyl (C=O) groups excluding carboxylic acids is 1. The molecule has 0 radical (unpaired) electrons. The standard InChI is InChI=1S/C11H9F3N2O/c1-7(6-15)16-10(17)8-4-2-3-5-9(8)11(12,13)14/h2-6,15H,1H2,(H,16,17). The molecule has 0 saturated heterocycles. The Kier molecular flexibility index (Phi) is 3.67. The molecule has 1 aromatic rings. The van der Waals surface area contributed by atoms with Crippen molar-refractivity contribution in [3.05, 3.63) is 47.7 Å². The molecule has 3 nitrogen and oxygen atoms in total. The molecule has 0 aromatic heterocycles. The van der Waals surface area contributed by atoms with Gasteiger partial charge in [-0.1, -0.05) is 18.7 Å². The van der Waals surface area contributed by atoms with Crippen molar-refractivity contribution >= 4 is 12.1 Å². The average molecular weight is 242 g/mol. The van der Waals surface area contributed by atoms with Gasteiger partial charge in [0, 0.05) is 6.21 Å². The molecule has 0 atom stereocenters. The zero-order chi connectivity index (χ0) is 13.1. The Labute approximate surface area is 95.5 Å². The lowest BCUT2D eigenvalue weighted by atomic mass is 10.1. The first kappa shape index (κ1) is 13.0. The molecule has 0 fully saturated rings. The van der Waals surface area contributed by atoms with Gasteiger partial charge in [-0.3, -0.25) is 4.79 Å². The maximum absolute atomic E-state index is 12.6. The minimum absolute atomic E-state index is 0.0769. The van der Waals surface area contributed by atoms with Crippen molar-refractivity contribution in [1.82, 2.24) is 5.32 Å². The highest BCUT2D eigenvalue weighted by Gasteiger charge is 2.34. The summed E-state index contributed by atoms with van der Waals surface area (Å²) < 4.78 is 37.7. The van der Waals surface area contributed by atoms with Gasteiger partial charge in [0.2, 0.25) is 0 Å². The van der Waals surface area contributed by atoms with Crippen LogP contribution >= 0.6 is 0 Å². The minimum Gasteiger partial charge on any atom is -0.321 e. The Morgan fingerprint density at radius 3 is 2.47 bits per heavy atom. The van der Waals surface area contributed by atoms with Crippen LogP contribution in [0.3, 0.4) is 0 Å². The van der Waals surface area contributed by atoms with Crippen LogP contribution in [0.15, 0.2) is 36.5 Å². The summed E-state index contributed by atoms with van der Waals surface area (Å²) in [6.45, 7) is 3.27. The molecule has 1 rings (SSSR count). The lowest BCUT2D eigenvalue weighted by Crippen LogP contribution is -2.25. The lowest BCUT2D eigenvalue weighted by molar-refractivity contribution is -0.137. The average Bonchev–Trinajstić information content (AvgIpc) is 2.27. The van der Waals surface area contributed by atoms with E-state index < -0.39 is 23.2 Å². The van der Waals surface area contributed by atoms with Gasteiger partial charge in [-0.25, -0.2) is 0 Å². The zero-order valence-corrected chi connectivity index (χ0v) is 8.64. The van der Waals surface area contributed by atoms with Gasteiger partial charge >= 0.3 is 6.18 Å². The van der Waals surface area contributed by atoms with E-state index in [0.717, 1.165) is 18.3 Å². The van der Waals surface area contributed by atoms with Crippen LogP contribution in [0.5, 0.6) is 0 Å². The first-order valence-corrected chi connectivity index (χ1v) is 4.53. The number of alkyl halides is 3. The molecule has 6 heteroatoms. The molecule has 0 saturated carbocycles. The van der Waals surface area contributed by atoms with Crippen LogP contribution in [-0.4, -0.2) is 12.1 Å². The van der Waals surface area contributed by atoms with E-state index in [1.807, 2.05) is 0 Å². The topological polar surface area (TPSA) is 53.0 Å². The van der Waals surface area contributed by atoms with Crippen LogP contribution in [0.25, 0.3) is 0 Å². The summed E-state index contributed by atoms with van der Waals surface area (Å²) in [5.74, 6) is -0.938. The first-order chi connectivity index (χ1) is 7.86. The quantitative estimate of drug-likeness (QED) is 0.786. The summed E-state index contributed by atoms with van der Waals surface area (Å²) >= 11 is 0. The molecule has 17 heavy (non-hydrogen) atoms. The molecule has 1 aromatic carbocycles. The first-order valence-electron chi connectivity index (χ1n) is 4.53. The highest BCUT2D eigenvalue weighted by molar-refractivity contribution is 5.99. The number of allylic oxidation sites excluding steroid dienone is 1. The minimum atomic E-state index is -4.60. The van der Waals surface area contributed by atoms with Crippen molar-refractivity contribution in [2.45, 2.75) is 6.18 Å². The van der Waals surface area contributed by atoms with E-state index in [4.69, 9.17) is 5.41 Å². The van der Waals surface area contributed by atoms with E-state index >= 15 is 0 Å². The predicted octanol–water partition coefficient (Wildman–Crippen LogP) is 2.60. The summed E-state index contributed by atoms with van der Waals surface area (Å²) in [5, 5.41) is 8.86. The number of amides is 1. The summed E-state index contributed by atoms with van der Waals surface area (Å²) in [7, 11) is 0. The third-order valence-electron chi connectivity index (χ3n) is 1.93. The van der Waals surface area contributed by atoms with Crippen molar-refractivity contribution in [3.8, 4) is 0 Å². The molecule has 0 heterocycles. The van der Waals surface area contributed by atoms with Crippen molar-refractivity contribution in [3.63, 3.8) is 0 Å². The molecule has 0 unspecified atom stereocenters. The van der Waals surface area contributed by atoms with Crippen LogP contribution in [0, 0.1) is 5.41 Å². The normalized spacial score (nSPS) is 10.8. The second kappa shape index (κ2) is 4.82. The van der Waals surface area contributed by atoms with E-state index in [2.05, 4.69) is 11.9 Å². The molecule has 0 bridgehead atoms. The van der Waals surface area contributed by atoms with E-state index in [1.54, 1.807) is 0 Å². The van der Waals surface area contributed by atoms with E-state index in [0.29, 0.717) is 0 Å². The van der Waals surface area contributed by atoms with Gasteiger partial charge in [0.1, 0.15) is 0 Å². The number of nitrogens with one attached hydrogen (secondary N) is 2. The largest absolute Gasteiger partial charge is 0.417 e. The van der Waals surface area contributed by atoms with Crippen LogP contribution in [-0.2, 0) is 6.18 Å². The number of rotatable bonds is 3. The molecule has 0 aliphatic carbocycles. The third-order valence-corrected chi connectivity index (χ3v) is 1.93. The second-order valence-corrected chi connectivity index (χ2v) is 3.17. The summed E-state index contributed by atoms with van der Waals surface area (Å²) in [6, 6.07) is 4.42.